The highest BCUT2D eigenvalue weighted by Gasteiger charge is 2.55. The van der Waals surface area contributed by atoms with Gasteiger partial charge in [0.05, 0.1) is 12.5 Å². The fourth-order valence-electron chi connectivity index (χ4n) is 5.91. The Morgan fingerprint density at radius 1 is 1.09 bits per heavy atom. The number of fused-ring (bicyclic) bond motifs is 3. The Balaban J connectivity index is 1.31. The largest absolute Gasteiger partial charge is 0.353 e. The van der Waals surface area contributed by atoms with Gasteiger partial charge in [-0.15, -0.1) is 0 Å². The minimum absolute atomic E-state index is 0.0105. The molecule has 33 heavy (non-hydrogen) atoms. The second-order valence-electron chi connectivity index (χ2n) is 9.88. The Labute approximate surface area is 193 Å². The van der Waals surface area contributed by atoms with E-state index in [0.717, 1.165) is 31.2 Å². The van der Waals surface area contributed by atoms with Crippen molar-refractivity contribution in [1.82, 2.24) is 25.6 Å². The van der Waals surface area contributed by atoms with Crippen molar-refractivity contribution >= 4 is 17.8 Å². The van der Waals surface area contributed by atoms with Crippen LogP contribution < -0.4 is 10.7 Å². The average Bonchev–Trinajstić information content (AvgIpc) is 3.15. The molecule has 5 rings (SSSR count). The van der Waals surface area contributed by atoms with E-state index in [1.807, 2.05) is 0 Å². The number of hydrogen-bond acceptors (Lipinski definition) is 4. The van der Waals surface area contributed by atoms with E-state index in [0.29, 0.717) is 19.3 Å². The number of benzene rings is 1. The summed E-state index contributed by atoms with van der Waals surface area (Å²) in [5, 5.41) is 4.71. The molecule has 1 aromatic carbocycles. The summed E-state index contributed by atoms with van der Waals surface area (Å²) in [5.41, 5.74) is 3.94. The van der Waals surface area contributed by atoms with Crippen LogP contribution >= 0.6 is 0 Å². The number of nitrogens with zero attached hydrogens (tertiary/aromatic N) is 3. The van der Waals surface area contributed by atoms with Gasteiger partial charge in [0.15, 0.2) is 6.29 Å². The minimum atomic E-state index is -0.577. The van der Waals surface area contributed by atoms with Crippen molar-refractivity contribution in [1.29, 1.82) is 0 Å². The lowest BCUT2D eigenvalue weighted by atomic mass is 9.75. The van der Waals surface area contributed by atoms with Gasteiger partial charge >= 0.3 is 6.03 Å². The zero-order valence-corrected chi connectivity index (χ0v) is 19.0. The maximum Gasteiger partial charge on any atom is 0.337 e. The molecular weight excluding hydrogens is 425 g/mol. The topological polar surface area (TPSA) is 85.0 Å². The third-order valence-corrected chi connectivity index (χ3v) is 7.77. The monoisotopic (exact) mass is 457 g/mol. The molecule has 2 aliphatic heterocycles. The summed E-state index contributed by atoms with van der Waals surface area (Å²) in [6.07, 6.45) is 6.79. The van der Waals surface area contributed by atoms with E-state index in [9.17, 15) is 18.8 Å². The quantitative estimate of drug-likeness (QED) is 0.728. The van der Waals surface area contributed by atoms with Crippen molar-refractivity contribution in [3.05, 3.63) is 35.6 Å². The molecule has 2 aliphatic carbocycles. The van der Waals surface area contributed by atoms with Gasteiger partial charge in [0.2, 0.25) is 11.8 Å². The van der Waals surface area contributed by atoms with Crippen LogP contribution in [-0.2, 0) is 16.1 Å². The van der Waals surface area contributed by atoms with E-state index in [2.05, 4.69) is 10.7 Å². The molecule has 8 nitrogen and oxygen atoms in total. The minimum Gasteiger partial charge on any atom is -0.353 e. The number of rotatable bonds is 4. The molecule has 0 bridgehead atoms. The molecule has 1 aromatic rings. The zero-order chi connectivity index (χ0) is 23.1. The van der Waals surface area contributed by atoms with Gasteiger partial charge in [0.1, 0.15) is 5.82 Å². The third kappa shape index (κ3) is 4.18. The summed E-state index contributed by atoms with van der Waals surface area (Å²) in [6, 6.07) is 5.74. The molecule has 4 unspecified atom stereocenters. The summed E-state index contributed by atoms with van der Waals surface area (Å²) in [6.45, 7) is 0.261. The smallest absolute Gasteiger partial charge is 0.337 e. The van der Waals surface area contributed by atoms with Gasteiger partial charge in [-0.2, -0.15) is 5.43 Å². The third-order valence-electron chi connectivity index (χ3n) is 7.77. The number of carbonyl (C=O) groups is 3. The van der Waals surface area contributed by atoms with Crippen LogP contribution in [0.1, 0.15) is 56.9 Å². The number of halogens is 1. The molecule has 2 saturated carbocycles. The van der Waals surface area contributed by atoms with Crippen LogP contribution in [0.4, 0.5) is 9.18 Å². The highest BCUT2D eigenvalue weighted by Crippen LogP contribution is 2.40. The Kier molecular flexibility index (Phi) is 5.99. The van der Waals surface area contributed by atoms with Crippen LogP contribution in [0.2, 0.25) is 0 Å². The zero-order valence-electron chi connectivity index (χ0n) is 19.0. The van der Waals surface area contributed by atoms with Crippen LogP contribution in [-0.4, -0.2) is 58.1 Å². The van der Waals surface area contributed by atoms with E-state index >= 15 is 0 Å². The van der Waals surface area contributed by atoms with Crippen LogP contribution in [0.15, 0.2) is 24.3 Å². The van der Waals surface area contributed by atoms with Gasteiger partial charge in [-0.3, -0.25) is 19.5 Å². The van der Waals surface area contributed by atoms with Crippen molar-refractivity contribution in [2.45, 2.75) is 76.3 Å². The lowest BCUT2D eigenvalue weighted by molar-refractivity contribution is -0.156. The first-order chi connectivity index (χ1) is 15.9. The highest BCUT2D eigenvalue weighted by molar-refractivity contribution is 5.86. The molecule has 9 heteroatoms. The van der Waals surface area contributed by atoms with Crippen molar-refractivity contribution < 1.29 is 18.8 Å². The van der Waals surface area contributed by atoms with E-state index in [1.54, 1.807) is 29.0 Å². The van der Waals surface area contributed by atoms with Gasteiger partial charge in [-0.1, -0.05) is 31.4 Å². The van der Waals surface area contributed by atoms with Gasteiger partial charge in [0.25, 0.3) is 0 Å². The van der Waals surface area contributed by atoms with Crippen LogP contribution in [0.25, 0.3) is 0 Å². The van der Waals surface area contributed by atoms with E-state index in [-0.39, 0.29) is 54.1 Å². The van der Waals surface area contributed by atoms with Crippen molar-refractivity contribution in [3.63, 3.8) is 0 Å². The molecule has 2 N–H and O–H groups in total. The summed E-state index contributed by atoms with van der Waals surface area (Å²) >= 11 is 0. The van der Waals surface area contributed by atoms with Gasteiger partial charge in [-0.25, -0.2) is 9.18 Å². The molecule has 4 fully saturated rings. The summed E-state index contributed by atoms with van der Waals surface area (Å²) in [7, 11) is 1.71. The van der Waals surface area contributed by atoms with Crippen molar-refractivity contribution in [3.8, 4) is 0 Å². The number of hydrazine groups is 1. The summed E-state index contributed by atoms with van der Waals surface area (Å²) in [5.74, 6) is -0.738. The molecule has 0 radical (unpaired) electrons. The Morgan fingerprint density at radius 2 is 1.82 bits per heavy atom. The predicted octanol–water partition coefficient (Wildman–Crippen LogP) is 2.56. The van der Waals surface area contributed by atoms with Crippen molar-refractivity contribution in [2.24, 2.45) is 11.8 Å². The number of amides is 4. The molecule has 178 valence electrons. The second kappa shape index (κ2) is 8.93. The summed E-state index contributed by atoms with van der Waals surface area (Å²) in [4.78, 5) is 42.8. The first kappa shape index (κ1) is 22.1. The number of carbonyl (C=O) groups excluding carboxylic acids is 3. The fraction of sp³-hybridized carbons (Fsp3) is 0.625. The fourth-order valence-corrected chi connectivity index (χ4v) is 5.91. The maximum absolute atomic E-state index is 13.4. The first-order valence-electron chi connectivity index (χ1n) is 12.1. The Morgan fingerprint density at radius 3 is 2.55 bits per heavy atom. The number of hydrogen-bond donors (Lipinski definition) is 2. The SMILES string of the molecule is CN1C(=O)C2CCC(C(=O)NC3CCCCC3)CC2N2C(=O)N(Cc3ccc(F)cc3)NC12. The maximum atomic E-state index is 13.4. The lowest BCUT2D eigenvalue weighted by Crippen LogP contribution is -2.66. The van der Waals surface area contributed by atoms with Gasteiger partial charge in [-0.05, 0) is 49.8 Å². The molecule has 4 aliphatic rings. The Hall–Kier alpha value is -2.68. The molecule has 2 saturated heterocycles. The van der Waals surface area contributed by atoms with E-state index in [4.69, 9.17) is 0 Å². The summed E-state index contributed by atoms with van der Waals surface area (Å²) < 4.78 is 13.3. The van der Waals surface area contributed by atoms with E-state index in [1.165, 1.54) is 23.6 Å². The molecular formula is C24H32FN5O3. The molecule has 4 amide bonds. The number of urea groups is 1. The first-order valence-corrected chi connectivity index (χ1v) is 12.1. The molecule has 0 aromatic heterocycles. The van der Waals surface area contributed by atoms with Crippen LogP contribution in [0, 0.1) is 17.7 Å². The normalized spacial score (nSPS) is 30.3. The number of nitrogens with one attached hydrogen (secondary N) is 2. The molecule has 0 spiro atoms. The predicted molar refractivity (Wildman–Crippen MR) is 119 cm³/mol. The van der Waals surface area contributed by atoms with E-state index < -0.39 is 6.29 Å². The standard InChI is InChI=1S/C24H32FN5O3/c1-28-22(32)19-12-9-16(21(31)26-18-5-3-2-4-6-18)13-20(19)30-23(28)27-29(24(30)33)14-15-7-10-17(25)11-8-15/h7-8,10-11,16,18-20,23,27H,2-6,9,12-14H2,1H3,(H,26,31). The van der Waals surface area contributed by atoms with Gasteiger partial charge in [0, 0.05) is 25.0 Å². The second-order valence-corrected chi connectivity index (χ2v) is 9.88. The molecule has 4 atom stereocenters. The van der Waals surface area contributed by atoms with Crippen LogP contribution in [0.5, 0.6) is 0 Å². The van der Waals surface area contributed by atoms with Crippen LogP contribution in [0.3, 0.4) is 0 Å². The Bertz CT molecular complexity index is 919. The average molecular weight is 458 g/mol. The lowest BCUT2D eigenvalue weighted by Gasteiger charge is -2.48. The molecule has 2 heterocycles. The highest BCUT2D eigenvalue weighted by atomic mass is 19.1. The van der Waals surface area contributed by atoms with Gasteiger partial charge < -0.3 is 10.2 Å². The van der Waals surface area contributed by atoms with Crippen molar-refractivity contribution in [2.75, 3.05) is 7.05 Å².